The van der Waals surface area contributed by atoms with Crippen molar-refractivity contribution >= 4 is 6.20 Å². The molecule has 0 saturated heterocycles. The summed E-state index contributed by atoms with van der Waals surface area (Å²) in [4.78, 5) is 0. The van der Waals surface area contributed by atoms with Crippen molar-refractivity contribution in [2.45, 2.75) is 26.2 Å². The van der Waals surface area contributed by atoms with Gasteiger partial charge < -0.3 is 17.0 Å². The van der Waals surface area contributed by atoms with Gasteiger partial charge in [-0.05, 0) is 18.9 Å². The van der Waals surface area contributed by atoms with Crippen molar-refractivity contribution in [2.24, 2.45) is 0 Å². The molecule has 72 valence electrons. The Morgan fingerprint density at radius 3 is 2.46 bits per heavy atom. The molecule has 0 radical (unpaired) electrons. The lowest BCUT2D eigenvalue weighted by Gasteiger charge is -1.86. The van der Waals surface area contributed by atoms with Crippen molar-refractivity contribution in [3.05, 3.63) is 36.7 Å². The summed E-state index contributed by atoms with van der Waals surface area (Å²) >= 11 is 0. The number of allylic oxidation sites excluding steroid dienone is 1. The van der Waals surface area contributed by atoms with Crippen LogP contribution in [0.3, 0.4) is 0 Å². The van der Waals surface area contributed by atoms with E-state index >= 15 is 0 Å². The highest BCUT2D eigenvalue weighted by Gasteiger charge is 1.87. The Morgan fingerprint density at radius 2 is 1.85 bits per heavy atom. The first-order valence-corrected chi connectivity index (χ1v) is 4.56. The second-order valence-electron chi connectivity index (χ2n) is 2.85. The fraction of sp³-hybridized carbons (Fsp3) is 0.364. The maximum Gasteiger partial charge on any atom is 0.174 e. The molecule has 0 atom stereocenters. The van der Waals surface area contributed by atoms with Crippen LogP contribution in [-0.2, 0) is 0 Å². The summed E-state index contributed by atoms with van der Waals surface area (Å²) in [7, 11) is 0. The van der Waals surface area contributed by atoms with E-state index in [0.29, 0.717) is 0 Å². The van der Waals surface area contributed by atoms with Crippen molar-refractivity contribution in [3.63, 3.8) is 0 Å². The number of pyridine rings is 1. The van der Waals surface area contributed by atoms with Gasteiger partial charge in [-0.15, -0.1) is 0 Å². The van der Waals surface area contributed by atoms with E-state index in [9.17, 15) is 0 Å². The van der Waals surface area contributed by atoms with Crippen LogP contribution in [0.4, 0.5) is 0 Å². The Bertz CT molecular complexity index is 231. The summed E-state index contributed by atoms with van der Waals surface area (Å²) in [5.74, 6) is 0. The van der Waals surface area contributed by atoms with Crippen LogP contribution in [0.2, 0.25) is 0 Å². The fourth-order valence-corrected chi connectivity index (χ4v) is 1.03. The molecule has 2 heteroatoms. The van der Waals surface area contributed by atoms with Gasteiger partial charge in [-0.25, -0.2) is 0 Å². The van der Waals surface area contributed by atoms with E-state index in [4.69, 9.17) is 0 Å². The van der Waals surface area contributed by atoms with Gasteiger partial charge in [-0.3, -0.25) is 0 Å². The average molecular weight is 242 g/mol. The predicted molar refractivity (Wildman–Crippen MR) is 51.5 cm³/mol. The van der Waals surface area contributed by atoms with Gasteiger partial charge in [0.1, 0.15) is 0 Å². The number of unbranched alkanes of at least 4 members (excludes halogenated alkanes) is 2. The molecule has 1 aromatic rings. The van der Waals surface area contributed by atoms with E-state index in [1.54, 1.807) is 0 Å². The molecule has 0 aliphatic rings. The molecule has 0 aliphatic carbocycles. The maximum atomic E-state index is 2.21. The van der Waals surface area contributed by atoms with E-state index in [1.165, 1.54) is 19.3 Å². The van der Waals surface area contributed by atoms with Crippen molar-refractivity contribution in [3.8, 4) is 0 Å². The molecule has 1 rings (SSSR count). The van der Waals surface area contributed by atoms with Crippen LogP contribution >= 0.6 is 0 Å². The van der Waals surface area contributed by atoms with Gasteiger partial charge in [-0.1, -0.05) is 19.4 Å². The highest BCUT2D eigenvalue weighted by atomic mass is 79.9. The Hall–Kier alpha value is -0.630. The summed E-state index contributed by atoms with van der Waals surface area (Å²) < 4.78 is 2.07. The van der Waals surface area contributed by atoms with E-state index < -0.39 is 0 Å². The lowest BCUT2D eigenvalue weighted by Crippen LogP contribution is -3.00. The van der Waals surface area contributed by atoms with Gasteiger partial charge in [0.15, 0.2) is 18.6 Å². The SMILES string of the molecule is CCCCC=C[n+]1ccccc1.[Br-]. The number of nitrogens with zero attached hydrogens (tertiary/aromatic N) is 1. The third kappa shape index (κ3) is 5.58. The molecule has 1 heterocycles. The highest BCUT2D eigenvalue weighted by Crippen LogP contribution is 1.93. The van der Waals surface area contributed by atoms with Crippen LogP contribution in [0, 0.1) is 0 Å². The van der Waals surface area contributed by atoms with Crippen LogP contribution < -0.4 is 21.5 Å². The number of rotatable bonds is 4. The van der Waals surface area contributed by atoms with Gasteiger partial charge in [0.05, 0.1) is 0 Å². The summed E-state index contributed by atoms with van der Waals surface area (Å²) in [6.45, 7) is 2.21. The predicted octanol–water partition coefficient (Wildman–Crippen LogP) is -0.361. The standard InChI is InChI=1S/C11H16N.BrH/c1-2-3-4-6-9-12-10-7-5-8-11-12;/h5-11H,2-4H2,1H3;1H/q+1;/p-1. The van der Waals surface area contributed by atoms with Crippen molar-refractivity contribution < 1.29 is 21.5 Å². The second kappa shape index (κ2) is 7.99. The van der Waals surface area contributed by atoms with Crippen LogP contribution in [-0.4, -0.2) is 0 Å². The second-order valence-corrected chi connectivity index (χ2v) is 2.85. The maximum absolute atomic E-state index is 2.21. The molecule has 0 aromatic carbocycles. The van der Waals surface area contributed by atoms with Gasteiger partial charge in [0, 0.05) is 12.1 Å². The van der Waals surface area contributed by atoms with Crippen LogP contribution in [0.5, 0.6) is 0 Å². The third-order valence-electron chi connectivity index (χ3n) is 1.74. The molecule has 0 fully saturated rings. The smallest absolute Gasteiger partial charge is 0.174 e. The molecule has 0 saturated carbocycles. The molecular weight excluding hydrogens is 226 g/mol. The zero-order valence-electron chi connectivity index (χ0n) is 7.99. The first-order valence-electron chi connectivity index (χ1n) is 4.56. The van der Waals surface area contributed by atoms with Gasteiger partial charge in [0.25, 0.3) is 0 Å². The topological polar surface area (TPSA) is 3.88 Å². The minimum atomic E-state index is 0. The van der Waals surface area contributed by atoms with Crippen molar-refractivity contribution in [1.29, 1.82) is 0 Å². The van der Waals surface area contributed by atoms with Gasteiger partial charge in [-0.2, -0.15) is 4.57 Å². The summed E-state index contributed by atoms with van der Waals surface area (Å²) in [6.07, 6.45) is 12.1. The quantitative estimate of drug-likeness (QED) is 0.501. The molecule has 0 spiro atoms. The Kier molecular flexibility index (Phi) is 7.60. The van der Waals surface area contributed by atoms with Gasteiger partial charge >= 0.3 is 0 Å². The molecule has 1 nitrogen and oxygen atoms in total. The molecule has 0 unspecified atom stereocenters. The van der Waals surface area contributed by atoms with E-state index in [2.05, 4.69) is 23.8 Å². The largest absolute Gasteiger partial charge is 1.00 e. The normalized spacial score (nSPS) is 9.92. The van der Waals surface area contributed by atoms with E-state index in [-0.39, 0.29) is 17.0 Å². The number of hydrogen-bond acceptors (Lipinski definition) is 0. The lowest BCUT2D eigenvalue weighted by atomic mass is 10.2. The molecule has 0 N–H and O–H groups in total. The zero-order chi connectivity index (χ0) is 8.65. The average Bonchev–Trinajstić information content (AvgIpc) is 2.14. The Balaban J connectivity index is 0.00000144. The van der Waals surface area contributed by atoms with Crippen LogP contribution in [0.25, 0.3) is 6.20 Å². The highest BCUT2D eigenvalue weighted by molar-refractivity contribution is 5.06. The van der Waals surface area contributed by atoms with Crippen molar-refractivity contribution in [1.82, 2.24) is 0 Å². The molecule has 0 bridgehead atoms. The molecular formula is C11H16BrN. The number of halogens is 1. The minimum absolute atomic E-state index is 0. The zero-order valence-corrected chi connectivity index (χ0v) is 9.57. The first kappa shape index (κ1) is 12.4. The minimum Gasteiger partial charge on any atom is -1.00 e. The third-order valence-corrected chi connectivity index (χ3v) is 1.74. The van der Waals surface area contributed by atoms with Crippen LogP contribution in [0.1, 0.15) is 26.2 Å². The van der Waals surface area contributed by atoms with Crippen LogP contribution in [0.15, 0.2) is 36.7 Å². The molecule has 0 aliphatic heterocycles. The summed E-state index contributed by atoms with van der Waals surface area (Å²) in [5, 5.41) is 0. The first-order chi connectivity index (χ1) is 5.93. The molecule has 0 amide bonds. The summed E-state index contributed by atoms with van der Waals surface area (Å²) in [6, 6.07) is 6.09. The monoisotopic (exact) mass is 241 g/mol. The number of aromatic nitrogens is 1. The van der Waals surface area contributed by atoms with E-state index in [1.807, 2.05) is 30.6 Å². The molecule has 1 aromatic heterocycles. The Morgan fingerprint density at radius 1 is 1.15 bits per heavy atom. The lowest BCUT2D eigenvalue weighted by molar-refractivity contribution is -0.568. The van der Waals surface area contributed by atoms with Gasteiger partial charge in [0.2, 0.25) is 0 Å². The summed E-state index contributed by atoms with van der Waals surface area (Å²) in [5.41, 5.74) is 0. The Labute approximate surface area is 90.9 Å². The van der Waals surface area contributed by atoms with E-state index in [0.717, 1.165) is 0 Å². The number of hydrogen-bond donors (Lipinski definition) is 0. The van der Waals surface area contributed by atoms with Crippen molar-refractivity contribution in [2.75, 3.05) is 0 Å². The fourth-order valence-electron chi connectivity index (χ4n) is 1.03. The molecule has 13 heavy (non-hydrogen) atoms.